The molecule has 0 radical (unpaired) electrons. The highest BCUT2D eigenvalue weighted by Gasteiger charge is 2.35. The molecule has 3 aliphatic heterocycles. The standard InChI is InChI=1S/C49H49N11O5/c1-5-35-38(19-23-51-45(35)59-27-26-58(49(59)64)34-8-7-22-50-29-34)37-16-15-33(60-47(65-4)54-56(3)48(60)63)28-41(37)30-11-13-32(14-12-30)57-24-20-31(21-25-57)36-9-6-10-39-43(53-55(2)44(36)39)40-17-18-42(61)52-46(40)62/h6-16,19,22-23,28-29,31,40H,5,17-18,20-21,24-27H2,1-4H3,(H,52,61,62). The molecule has 7 heterocycles. The summed E-state index contributed by atoms with van der Waals surface area (Å²) in [5, 5.41) is 12.6. The Morgan fingerprint density at radius 2 is 1.54 bits per heavy atom. The number of nitrogens with one attached hydrogen (secondary N) is 1. The van der Waals surface area contributed by atoms with Crippen LogP contribution < -0.4 is 30.4 Å². The largest absolute Gasteiger partial charge is 0.467 e. The molecule has 7 aromatic rings. The van der Waals surface area contributed by atoms with Crippen molar-refractivity contribution in [3.8, 4) is 34.0 Å². The van der Waals surface area contributed by atoms with Crippen LogP contribution in [-0.4, -0.2) is 85.2 Å². The Hall–Kier alpha value is -7.62. The van der Waals surface area contributed by atoms with Gasteiger partial charge in [0, 0.05) is 75.7 Å². The fourth-order valence-corrected chi connectivity index (χ4v) is 9.98. The fourth-order valence-electron chi connectivity index (χ4n) is 9.98. The second-order valence-electron chi connectivity index (χ2n) is 16.8. The van der Waals surface area contributed by atoms with E-state index in [1.54, 1.807) is 35.4 Å². The van der Waals surface area contributed by atoms with E-state index in [1.165, 1.54) is 21.9 Å². The number of carbonyl (C=O) groups excluding carboxylic acids is 3. The van der Waals surface area contributed by atoms with Crippen molar-refractivity contribution >= 4 is 45.9 Å². The Bertz CT molecular complexity index is 3040. The van der Waals surface area contributed by atoms with Crippen molar-refractivity contribution in [2.45, 2.75) is 50.9 Å². The number of hydrogen-bond acceptors (Lipinski definition) is 10. The molecule has 4 amide bonds. The normalized spacial score (nSPS) is 17.1. The monoisotopic (exact) mass is 871 g/mol. The lowest BCUT2D eigenvalue weighted by Gasteiger charge is -2.34. The molecule has 65 heavy (non-hydrogen) atoms. The molecule has 1 N–H and O–H groups in total. The number of rotatable bonds is 10. The van der Waals surface area contributed by atoms with E-state index in [-0.39, 0.29) is 29.5 Å². The lowest BCUT2D eigenvalue weighted by atomic mass is 9.86. The van der Waals surface area contributed by atoms with E-state index in [1.807, 2.05) is 54.2 Å². The quantitative estimate of drug-likeness (QED) is 0.150. The second-order valence-corrected chi connectivity index (χ2v) is 16.8. The van der Waals surface area contributed by atoms with Crippen LogP contribution in [0.4, 0.5) is 22.0 Å². The van der Waals surface area contributed by atoms with E-state index in [0.29, 0.717) is 49.8 Å². The third-order valence-electron chi connectivity index (χ3n) is 13.2. The van der Waals surface area contributed by atoms with Crippen molar-refractivity contribution in [3.63, 3.8) is 0 Å². The summed E-state index contributed by atoms with van der Waals surface area (Å²) in [7, 11) is 5.03. The zero-order valence-electron chi connectivity index (χ0n) is 36.8. The van der Waals surface area contributed by atoms with Crippen LogP contribution in [0.15, 0.2) is 102 Å². The van der Waals surface area contributed by atoms with Crippen molar-refractivity contribution in [2.75, 3.05) is 48.0 Å². The number of carbonyl (C=O) groups is 3. The molecular formula is C49H49N11O5. The molecule has 3 aliphatic rings. The summed E-state index contributed by atoms with van der Waals surface area (Å²) in [5.41, 5.74) is 9.78. The highest BCUT2D eigenvalue weighted by atomic mass is 16.5. The number of hydrogen-bond donors (Lipinski definition) is 1. The molecule has 3 saturated heterocycles. The van der Waals surface area contributed by atoms with E-state index in [0.717, 1.165) is 81.7 Å². The number of fused-ring (bicyclic) bond motifs is 1. The minimum absolute atomic E-state index is 0.150. The first-order valence-corrected chi connectivity index (χ1v) is 22.1. The number of methoxy groups -OCH3 is 1. The molecule has 330 valence electrons. The number of imide groups is 1. The van der Waals surface area contributed by atoms with Gasteiger partial charge in [0.25, 0.3) is 0 Å². The highest BCUT2D eigenvalue weighted by Crippen LogP contribution is 2.41. The number of nitrogens with zero attached hydrogens (tertiary/aromatic N) is 10. The molecular weight excluding hydrogens is 823 g/mol. The molecule has 1 unspecified atom stereocenters. The maximum Gasteiger partial charge on any atom is 0.353 e. The number of aryl methyl sites for hydroxylation is 2. The Morgan fingerprint density at radius 3 is 2.28 bits per heavy atom. The second kappa shape index (κ2) is 16.8. The van der Waals surface area contributed by atoms with Crippen molar-refractivity contribution in [3.05, 3.63) is 125 Å². The van der Waals surface area contributed by atoms with Crippen LogP contribution in [0.1, 0.15) is 61.3 Å². The first-order chi connectivity index (χ1) is 31.6. The van der Waals surface area contributed by atoms with Crippen LogP contribution in [0, 0.1) is 0 Å². The predicted octanol–water partition coefficient (Wildman–Crippen LogP) is 6.50. The van der Waals surface area contributed by atoms with Gasteiger partial charge in [0.2, 0.25) is 11.8 Å². The van der Waals surface area contributed by atoms with E-state index < -0.39 is 5.92 Å². The molecule has 16 heteroatoms. The summed E-state index contributed by atoms with van der Waals surface area (Å²) in [6.45, 7) is 4.78. The molecule has 0 bridgehead atoms. The van der Waals surface area contributed by atoms with E-state index in [9.17, 15) is 19.2 Å². The SMILES string of the molecule is CCc1c(-c2ccc(-n3c(OC)nn(C)c3=O)cc2-c2ccc(N3CCC(c4cccc5c(C6CCC(=O)NC6=O)nn(C)c45)CC3)cc2)ccnc1N1CCN(c2cccnc2)C1=O. The van der Waals surface area contributed by atoms with E-state index in [2.05, 4.69) is 63.6 Å². The Balaban J connectivity index is 0.954. The number of benzene rings is 3. The summed E-state index contributed by atoms with van der Waals surface area (Å²) in [4.78, 5) is 66.9. The first-order valence-electron chi connectivity index (χ1n) is 22.1. The van der Waals surface area contributed by atoms with Gasteiger partial charge >= 0.3 is 17.7 Å². The Labute approximate surface area is 375 Å². The number of pyridine rings is 2. The average molecular weight is 872 g/mol. The van der Waals surface area contributed by atoms with Crippen LogP contribution in [-0.2, 0) is 30.1 Å². The Kier molecular flexibility index (Phi) is 10.7. The van der Waals surface area contributed by atoms with E-state index in [4.69, 9.17) is 14.8 Å². The van der Waals surface area contributed by atoms with Gasteiger partial charge in [-0.05, 0) is 102 Å². The molecule has 0 aliphatic carbocycles. The van der Waals surface area contributed by atoms with Crippen molar-refractivity contribution in [2.24, 2.45) is 14.1 Å². The van der Waals surface area contributed by atoms with Gasteiger partial charge in [-0.3, -0.25) is 34.4 Å². The van der Waals surface area contributed by atoms with Crippen LogP contribution in [0.5, 0.6) is 6.01 Å². The lowest BCUT2D eigenvalue weighted by molar-refractivity contribution is -0.134. The zero-order chi connectivity index (χ0) is 44.9. The predicted molar refractivity (Wildman–Crippen MR) is 248 cm³/mol. The van der Waals surface area contributed by atoms with Crippen LogP contribution >= 0.6 is 0 Å². The smallest absolute Gasteiger partial charge is 0.353 e. The van der Waals surface area contributed by atoms with Gasteiger partial charge in [-0.25, -0.2) is 23.8 Å². The molecule has 4 aromatic heterocycles. The minimum atomic E-state index is -0.447. The Morgan fingerprint density at radius 1 is 0.754 bits per heavy atom. The number of anilines is 3. The van der Waals surface area contributed by atoms with Crippen molar-refractivity contribution in [1.29, 1.82) is 0 Å². The van der Waals surface area contributed by atoms with Gasteiger partial charge < -0.3 is 9.64 Å². The van der Waals surface area contributed by atoms with Gasteiger partial charge in [0.1, 0.15) is 5.82 Å². The summed E-state index contributed by atoms with van der Waals surface area (Å²) >= 11 is 0. The van der Waals surface area contributed by atoms with Crippen LogP contribution in [0.25, 0.3) is 38.8 Å². The minimum Gasteiger partial charge on any atom is -0.467 e. The molecule has 16 nitrogen and oxygen atoms in total. The van der Waals surface area contributed by atoms with Gasteiger partial charge in [-0.2, -0.15) is 5.10 Å². The summed E-state index contributed by atoms with van der Waals surface area (Å²) < 4.78 is 10.2. The number of aromatic nitrogens is 7. The van der Waals surface area contributed by atoms with Gasteiger partial charge in [0.05, 0.1) is 41.8 Å². The number of ether oxygens (including phenoxy) is 1. The van der Waals surface area contributed by atoms with Gasteiger partial charge in [-0.15, -0.1) is 5.10 Å². The lowest BCUT2D eigenvalue weighted by Crippen LogP contribution is -2.39. The third kappa shape index (κ3) is 7.28. The van der Waals surface area contributed by atoms with Crippen LogP contribution in [0.2, 0.25) is 0 Å². The van der Waals surface area contributed by atoms with Gasteiger partial charge in [0.15, 0.2) is 0 Å². The average Bonchev–Trinajstić information content (AvgIpc) is 3.99. The number of piperidine rings is 2. The molecule has 0 spiro atoms. The summed E-state index contributed by atoms with van der Waals surface area (Å²) in [6.07, 6.45) is 8.42. The molecule has 10 rings (SSSR count). The van der Waals surface area contributed by atoms with Gasteiger partial charge in [-0.1, -0.05) is 43.3 Å². The van der Waals surface area contributed by atoms with E-state index >= 15 is 0 Å². The van der Waals surface area contributed by atoms with Crippen molar-refractivity contribution in [1.82, 2.24) is 39.4 Å². The topological polar surface area (TPSA) is 166 Å². The number of urea groups is 1. The maximum absolute atomic E-state index is 13.9. The van der Waals surface area contributed by atoms with Crippen molar-refractivity contribution < 1.29 is 19.1 Å². The summed E-state index contributed by atoms with van der Waals surface area (Å²) in [6, 6.07) is 26.5. The molecule has 0 saturated carbocycles. The summed E-state index contributed by atoms with van der Waals surface area (Å²) in [5.74, 6) is -0.0263. The molecule has 1 atom stereocenters. The fraction of sp³-hybridized carbons (Fsp3) is 0.306. The third-order valence-corrected chi connectivity index (χ3v) is 13.2. The first kappa shape index (κ1) is 41.4. The molecule has 3 fully saturated rings. The van der Waals surface area contributed by atoms with Crippen LogP contribution in [0.3, 0.4) is 0 Å². The zero-order valence-corrected chi connectivity index (χ0v) is 36.8. The number of para-hydroxylation sites is 1. The molecule has 3 aromatic carbocycles. The maximum atomic E-state index is 13.9. The highest BCUT2D eigenvalue weighted by molar-refractivity contribution is 6.06. The number of amides is 4.